The molecule has 0 aliphatic heterocycles. The molecule has 8 nitrogen and oxygen atoms in total. The number of nitrogens with zero attached hydrogens (tertiary/aromatic N) is 3. The molecule has 3 heterocycles. The molecule has 0 fully saturated rings. The Hall–Kier alpha value is -3.13. The Morgan fingerprint density at radius 2 is 1.77 bits per heavy atom. The molecule has 0 spiro atoms. The van der Waals surface area contributed by atoms with Gasteiger partial charge in [-0.2, -0.15) is 5.10 Å². The van der Waals surface area contributed by atoms with E-state index in [1.54, 1.807) is 41.7 Å². The first-order valence-electron chi connectivity index (χ1n) is 8.08. The highest BCUT2D eigenvalue weighted by atomic mass is 16.5. The summed E-state index contributed by atoms with van der Waals surface area (Å²) in [5.74, 6) is 0.944. The van der Waals surface area contributed by atoms with Crippen LogP contribution in [0.3, 0.4) is 0 Å². The molecule has 0 bridgehead atoms. The fourth-order valence-corrected chi connectivity index (χ4v) is 2.44. The van der Waals surface area contributed by atoms with Crippen LogP contribution in [-0.4, -0.2) is 34.3 Å². The Kier molecular flexibility index (Phi) is 5.65. The molecule has 0 aromatic carbocycles. The lowest BCUT2D eigenvalue weighted by Crippen LogP contribution is -2.33. The first kappa shape index (κ1) is 17.7. The average Bonchev–Trinajstić information content (AvgIpc) is 3.34. The fourth-order valence-electron chi connectivity index (χ4n) is 2.44. The smallest absolute Gasteiger partial charge is 0.275 e. The largest absolute Gasteiger partial charge is 0.467 e. The van der Waals surface area contributed by atoms with Crippen LogP contribution in [0.25, 0.3) is 0 Å². The van der Waals surface area contributed by atoms with Crippen LogP contribution in [0.15, 0.2) is 62.6 Å². The number of hydrogen-bond acceptors (Lipinski definition) is 6. The third-order valence-corrected chi connectivity index (χ3v) is 3.73. The van der Waals surface area contributed by atoms with Gasteiger partial charge in [0.05, 0.1) is 38.8 Å². The van der Waals surface area contributed by atoms with E-state index in [4.69, 9.17) is 13.6 Å². The number of aromatic nitrogens is 2. The summed E-state index contributed by atoms with van der Waals surface area (Å²) in [6.07, 6.45) is 3.10. The van der Waals surface area contributed by atoms with Gasteiger partial charge in [0.15, 0.2) is 0 Å². The van der Waals surface area contributed by atoms with Crippen molar-refractivity contribution >= 4 is 5.91 Å². The van der Waals surface area contributed by atoms with E-state index in [1.807, 2.05) is 0 Å². The Bertz CT molecular complexity index is 848. The molecule has 0 N–H and O–H groups in total. The van der Waals surface area contributed by atoms with Gasteiger partial charge in [-0.25, -0.2) is 4.68 Å². The molecule has 1 amide bonds. The maximum Gasteiger partial charge on any atom is 0.275 e. The van der Waals surface area contributed by atoms with Gasteiger partial charge in [0, 0.05) is 13.2 Å². The van der Waals surface area contributed by atoms with Gasteiger partial charge in [-0.05, 0) is 30.3 Å². The molecule has 3 aromatic heterocycles. The summed E-state index contributed by atoms with van der Waals surface area (Å²) in [4.78, 5) is 26.4. The minimum Gasteiger partial charge on any atom is -0.467 e. The van der Waals surface area contributed by atoms with E-state index in [2.05, 4.69) is 5.10 Å². The molecule has 136 valence electrons. The van der Waals surface area contributed by atoms with Crippen molar-refractivity contribution in [2.24, 2.45) is 0 Å². The van der Waals surface area contributed by atoms with E-state index >= 15 is 0 Å². The topological polar surface area (TPSA) is 90.7 Å². The van der Waals surface area contributed by atoms with E-state index in [1.165, 1.54) is 23.9 Å². The van der Waals surface area contributed by atoms with Crippen molar-refractivity contribution < 1.29 is 18.4 Å². The summed E-state index contributed by atoms with van der Waals surface area (Å²) in [5, 5.41) is 4.16. The standard InChI is InChI=1S/C18H19N3O5/c1-24-11-8-21-17(22)7-6-16(19-21)18(23)20(12-14-4-2-9-25-14)13-15-5-3-10-26-15/h2-7,9-10H,8,11-13H2,1H3. The molecular formula is C18H19N3O5. The second kappa shape index (κ2) is 8.30. The minimum absolute atomic E-state index is 0.166. The Morgan fingerprint density at radius 1 is 1.12 bits per heavy atom. The normalized spacial score (nSPS) is 10.8. The Morgan fingerprint density at radius 3 is 2.31 bits per heavy atom. The monoisotopic (exact) mass is 357 g/mol. The van der Waals surface area contributed by atoms with Crippen molar-refractivity contribution in [2.75, 3.05) is 13.7 Å². The van der Waals surface area contributed by atoms with E-state index in [0.29, 0.717) is 18.1 Å². The lowest BCUT2D eigenvalue weighted by Gasteiger charge is -2.20. The van der Waals surface area contributed by atoms with E-state index in [0.717, 1.165) is 0 Å². The summed E-state index contributed by atoms with van der Waals surface area (Å²) in [6.45, 7) is 1.11. The molecule has 26 heavy (non-hydrogen) atoms. The fraction of sp³-hybridized carbons (Fsp3) is 0.278. The van der Waals surface area contributed by atoms with Crippen molar-refractivity contribution in [1.82, 2.24) is 14.7 Å². The van der Waals surface area contributed by atoms with E-state index in [9.17, 15) is 9.59 Å². The summed E-state index contributed by atoms with van der Waals surface area (Å²) < 4.78 is 16.9. The van der Waals surface area contributed by atoms with Gasteiger partial charge in [0.25, 0.3) is 11.5 Å². The van der Waals surface area contributed by atoms with Crippen LogP contribution in [0.5, 0.6) is 0 Å². The summed E-state index contributed by atoms with van der Waals surface area (Å²) >= 11 is 0. The van der Waals surface area contributed by atoms with Crippen molar-refractivity contribution in [2.45, 2.75) is 19.6 Å². The van der Waals surface area contributed by atoms with Crippen molar-refractivity contribution in [3.8, 4) is 0 Å². The number of rotatable bonds is 8. The molecule has 0 saturated heterocycles. The highest BCUT2D eigenvalue weighted by Gasteiger charge is 2.21. The molecule has 8 heteroatoms. The molecule has 0 aliphatic carbocycles. The zero-order valence-corrected chi connectivity index (χ0v) is 14.3. The van der Waals surface area contributed by atoms with E-state index < -0.39 is 0 Å². The third-order valence-electron chi connectivity index (χ3n) is 3.73. The second-order valence-corrected chi connectivity index (χ2v) is 5.59. The summed E-state index contributed by atoms with van der Waals surface area (Å²) in [7, 11) is 1.54. The molecule has 3 rings (SSSR count). The van der Waals surface area contributed by atoms with Gasteiger partial charge in [-0.3, -0.25) is 9.59 Å². The highest BCUT2D eigenvalue weighted by Crippen LogP contribution is 2.13. The van der Waals surface area contributed by atoms with Gasteiger partial charge in [-0.1, -0.05) is 0 Å². The van der Waals surface area contributed by atoms with E-state index in [-0.39, 0.29) is 36.8 Å². The number of hydrogen-bond donors (Lipinski definition) is 0. The third kappa shape index (κ3) is 4.28. The molecule has 0 unspecified atom stereocenters. The summed E-state index contributed by atoms with van der Waals surface area (Å²) in [5.41, 5.74) is -0.124. The number of methoxy groups -OCH3 is 1. The summed E-state index contributed by atoms with van der Waals surface area (Å²) in [6, 6.07) is 9.84. The van der Waals surface area contributed by atoms with Crippen LogP contribution < -0.4 is 5.56 Å². The number of carbonyl (C=O) groups is 1. The van der Waals surface area contributed by atoms with Crippen LogP contribution in [0.2, 0.25) is 0 Å². The molecule has 0 aliphatic rings. The maximum absolute atomic E-state index is 13.0. The van der Waals surface area contributed by atoms with Gasteiger partial charge >= 0.3 is 0 Å². The van der Waals surface area contributed by atoms with Crippen molar-refractivity contribution in [1.29, 1.82) is 0 Å². The predicted octanol–water partition coefficient (Wildman–Crippen LogP) is 1.92. The van der Waals surface area contributed by atoms with Crippen LogP contribution in [0.4, 0.5) is 0 Å². The number of carbonyl (C=O) groups excluding carboxylic acids is 1. The zero-order valence-electron chi connectivity index (χ0n) is 14.3. The number of ether oxygens (including phenoxy) is 1. The maximum atomic E-state index is 13.0. The van der Waals surface area contributed by atoms with Crippen molar-refractivity contribution in [3.63, 3.8) is 0 Å². The van der Waals surface area contributed by atoms with Crippen LogP contribution in [-0.2, 0) is 24.4 Å². The van der Waals surface area contributed by atoms with Crippen LogP contribution >= 0.6 is 0 Å². The average molecular weight is 357 g/mol. The predicted molar refractivity (Wildman–Crippen MR) is 91.4 cm³/mol. The molecular weight excluding hydrogens is 338 g/mol. The Balaban J connectivity index is 1.85. The first-order chi connectivity index (χ1) is 12.7. The van der Waals surface area contributed by atoms with Gasteiger partial charge in [-0.15, -0.1) is 0 Å². The molecule has 0 saturated carbocycles. The SMILES string of the molecule is COCCn1nc(C(=O)N(Cc2ccco2)Cc2ccco2)ccc1=O. The van der Waals surface area contributed by atoms with Gasteiger partial charge in [0.2, 0.25) is 0 Å². The molecule has 0 atom stereocenters. The van der Waals surface area contributed by atoms with Crippen LogP contribution in [0.1, 0.15) is 22.0 Å². The highest BCUT2D eigenvalue weighted by molar-refractivity contribution is 5.92. The molecule has 0 radical (unpaired) electrons. The van der Waals surface area contributed by atoms with Crippen molar-refractivity contribution in [3.05, 3.63) is 76.5 Å². The number of amides is 1. The second-order valence-electron chi connectivity index (χ2n) is 5.59. The van der Waals surface area contributed by atoms with Gasteiger partial charge in [0.1, 0.15) is 17.2 Å². The first-order valence-corrected chi connectivity index (χ1v) is 8.08. The Labute approximate surface area is 149 Å². The van der Waals surface area contributed by atoms with Gasteiger partial charge < -0.3 is 18.5 Å². The lowest BCUT2D eigenvalue weighted by atomic mass is 10.3. The van der Waals surface area contributed by atoms with Crippen LogP contribution in [0, 0.1) is 0 Å². The lowest BCUT2D eigenvalue weighted by molar-refractivity contribution is 0.0695. The zero-order chi connectivity index (χ0) is 18.4. The quantitative estimate of drug-likeness (QED) is 0.612. The minimum atomic E-state index is -0.330. The number of furan rings is 2. The molecule has 3 aromatic rings.